The lowest BCUT2D eigenvalue weighted by molar-refractivity contribution is 0.384. The first-order chi connectivity index (χ1) is 17.4. The van der Waals surface area contributed by atoms with Crippen molar-refractivity contribution in [2.75, 3.05) is 50.0 Å². The quantitative estimate of drug-likeness (QED) is 0.428. The molecule has 0 unspecified atom stereocenters. The maximum Gasteiger partial charge on any atom is 0.296 e. The summed E-state index contributed by atoms with van der Waals surface area (Å²) < 4.78 is 28.9. The summed E-state index contributed by atoms with van der Waals surface area (Å²) in [6.07, 6.45) is 3.62. The van der Waals surface area contributed by atoms with Crippen molar-refractivity contribution in [1.82, 2.24) is 14.1 Å². The van der Waals surface area contributed by atoms with Gasteiger partial charge in [0.05, 0.1) is 22.5 Å². The summed E-state index contributed by atoms with van der Waals surface area (Å²) >= 11 is 5.90. The van der Waals surface area contributed by atoms with Gasteiger partial charge in [0.25, 0.3) is 5.56 Å². The van der Waals surface area contributed by atoms with Crippen LogP contribution in [0.1, 0.15) is 19.8 Å². The van der Waals surface area contributed by atoms with Gasteiger partial charge in [0.2, 0.25) is 10.0 Å². The number of hydrogen-bond donors (Lipinski definition) is 2. The number of para-hydroxylation sites is 1. The van der Waals surface area contributed by atoms with Crippen molar-refractivity contribution >= 4 is 33.0 Å². The second-order valence-corrected chi connectivity index (χ2v) is 10.5. The minimum absolute atomic E-state index is 0.222. The van der Waals surface area contributed by atoms with E-state index in [1.165, 1.54) is 28.2 Å². The molecular weight excluding hydrogens is 500 g/mol. The van der Waals surface area contributed by atoms with Crippen LogP contribution in [0.15, 0.2) is 70.5 Å². The number of nitrogens with one attached hydrogen (secondary N) is 1. The van der Waals surface area contributed by atoms with E-state index in [2.05, 4.69) is 23.1 Å². The van der Waals surface area contributed by atoms with Crippen molar-refractivity contribution in [3.8, 4) is 5.69 Å². The molecule has 3 N–H and O–H groups in total. The van der Waals surface area contributed by atoms with Gasteiger partial charge in [-0.05, 0) is 49.9 Å². The van der Waals surface area contributed by atoms with Crippen molar-refractivity contribution in [2.45, 2.75) is 24.7 Å². The standard InChI is InChI=1S/C24H28ClN5O3S.CH5N/c1-2-3-13-26-23-22(18-27-30(24(23)31)20-7-5-4-6-8-20)28-14-16-29(17-15-28)34(32,33)21-11-9-19(25)10-12-21;1-2/h4-12,18,26H,2-3,13-17H2,1H3;2H2,1H3. The van der Waals surface area contributed by atoms with E-state index >= 15 is 0 Å². The smallest absolute Gasteiger partial charge is 0.296 e. The molecule has 0 spiro atoms. The molecule has 1 aliphatic rings. The number of rotatable bonds is 8. The Balaban J connectivity index is 0.00000176. The Bertz CT molecular complexity index is 1280. The topological polar surface area (TPSA) is 114 Å². The van der Waals surface area contributed by atoms with Crippen molar-refractivity contribution in [3.63, 3.8) is 0 Å². The number of halogens is 1. The Morgan fingerprint density at radius 2 is 1.64 bits per heavy atom. The van der Waals surface area contributed by atoms with E-state index in [1.54, 1.807) is 18.3 Å². The minimum Gasteiger partial charge on any atom is -0.379 e. The zero-order chi connectivity index (χ0) is 26.1. The second kappa shape index (κ2) is 12.9. The molecule has 36 heavy (non-hydrogen) atoms. The van der Waals surface area contributed by atoms with Gasteiger partial charge in [-0.15, -0.1) is 0 Å². The number of anilines is 2. The molecule has 3 aromatic rings. The average molecular weight is 533 g/mol. The maximum absolute atomic E-state index is 13.4. The number of hydrogen-bond acceptors (Lipinski definition) is 7. The lowest BCUT2D eigenvalue weighted by atomic mass is 10.2. The number of sulfonamides is 1. The number of benzene rings is 2. The Kier molecular flexibility index (Phi) is 9.89. The SMILES string of the molecule is CCCCNc1c(N2CCN(S(=O)(=O)c3ccc(Cl)cc3)CC2)cnn(-c2ccccc2)c1=O.CN. The van der Waals surface area contributed by atoms with Gasteiger partial charge in [0, 0.05) is 37.7 Å². The molecule has 0 radical (unpaired) electrons. The van der Waals surface area contributed by atoms with Crippen molar-refractivity contribution in [2.24, 2.45) is 5.73 Å². The summed E-state index contributed by atoms with van der Waals surface area (Å²) in [5, 5.41) is 8.21. The molecule has 1 aromatic heterocycles. The zero-order valence-electron chi connectivity index (χ0n) is 20.6. The van der Waals surface area contributed by atoms with Crippen LogP contribution in [0.25, 0.3) is 5.69 Å². The predicted octanol–water partition coefficient (Wildman–Crippen LogP) is 3.18. The molecule has 11 heteroatoms. The van der Waals surface area contributed by atoms with E-state index in [-0.39, 0.29) is 10.5 Å². The van der Waals surface area contributed by atoms with Gasteiger partial charge in [0.1, 0.15) is 5.69 Å². The van der Waals surface area contributed by atoms with E-state index in [0.29, 0.717) is 54.8 Å². The van der Waals surface area contributed by atoms with Gasteiger partial charge in [0.15, 0.2) is 0 Å². The van der Waals surface area contributed by atoms with Crippen LogP contribution in [0.3, 0.4) is 0 Å². The lowest BCUT2D eigenvalue weighted by Crippen LogP contribution is -2.49. The highest BCUT2D eigenvalue weighted by Gasteiger charge is 2.30. The fraction of sp³-hybridized carbons (Fsp3) is 0.360. The van der Waals surface area contributed by atoms with Crippen LogP contribution in [0.4, 0.5) is 11.4 Å². The predicted molar refractivity (Wildman–Crippen MR) is 146 cm³/mol. The second-order valence-electron chi connectivity index (χ2n) is 8.08. The third-order valence-electron chi connectivity index (χ3n) is 5.82. The molecule has 0 aliphatic carbocycles. The van der Waals surface area contributed by atoms with Gasteiger partial charge in [-0.1, -0.05) is 43.1 Å². The molecular formula is C25H33ClN6O3S. The highest BCUT2D eigenvalue weighted by atomic mass is 35.5. The first-order valence-electron chi connectivity index (χ1n) is 11.9. The summed E-state index contributed by atoms with van der Waals surface area (Å²) in [5.74, 6) is 0. The van der Waals surface area contributed by atoms with Crippen molar-refractivity contribution < 1.29 is 8.42 Å². The number of aromatic nitrogens is 2. The van der Waals surface area contributed by atoms with Gasteiger partial charge in [-0.3, -0.25) is 4.79 Å². The number of nitrogens with two attached hydrogens (primary N) is 1. The highest BCUT2D eigenvalue weighted by Crippen LogP contribution is 2.26. The van der Waals surface area contributed by atoms with E-state index < -0.39 is 10.0 Å². The van der Waals surface area contributed by atoms with Crippen LogP contribution in [-0.4, -0.2) is 62.3 Å². The van der Waals surface area contributed by atoms with Gasteiger partial charge in [-0.2, -0.15) is 14.1 Å². The third-order valence-corrected chi connectivity index (χ3v) is 7.99. The Hall–Kier alpha value is -2.92. The van der Waals surface area contributed by atoms with Crippen LogP contribution < -0.4 is 21.5 Å². The summed E-state index contributed by atoms with van der Waals surface area (Å²) in [5.41, 5.74) is 6.14. The molecule has 1 aliphatic heterocycles. The van der Waals surface area contributed by atoms with E-state index in [9.17, 15) is 13.2 Å². The average Bonchev–Trinajstić information content (AvgIpc) is 2.91. The first-order valence-corrected chi connectivity index (χ1v) is 13.7. The molecule has 0 atom stereocenters. The van der Waals surface area contributed by atoms with E-state index in [4.69, 9.17) is 11.6 Å². The number of piperazine rings is 1. The number of unbranched alkanes of at least 4 members (excludes halogenated alkanes) is 1. The summed E-state index contributed by atoms with van der Waals surface area (Å²) in [6.45, 7) is 4.28. The molecule has 0 saturated carbocycles. The largest absolute Gasteiger partial charge is 0.379 e. The Morgan fingerprint density at radius 1 is 1.00 bits per heavy atom. The summed E-state index contributed by atoms with van der Waals surface area (Å²) in [6, 6.07) is 15.5. The molecule has 194 valence electrons. The molecule has 2 heterocycles. The third kappa shape index (κ3) is 6.25. The fourth-order valence-electron chi connectivity index (χ4n) is 3.92. The molecule has 1 saturated heterocycles. The minimum atomic E-state index is -3.61. The van der Waals surface area contributed by atoms with Gasteiger partial charge >= 0.3 is 0 Å². The lowest BCUT2D eigenvalue weighted by Gasteiger charge is -2.36. The summed E-state index contributed by atoms with van der Waals surface area (Å²) in [7, 11) is -2.11. The molecule has 1 fully saturated rings. The number of nitrogens with zero attached hydrogens (tertiary/aromatic N) is 4. The molecule has 0 bridgehead atoms. The monoisotopic (exact) mass is 532 g/mol. The maximum atomic E-state index is 13.4. The molecule has 2 aromatic carbocycles. The van der Waals surface area contributed by atoms with Crippen molar-refractivity contribution in [3.05, 3.63) is 76.2 Å². The Labute approximate surface area is 217 Å². The summed E-state index contributed by atoms with van der Waals surface area (Å²) in [4.78, 5) is 15.6. The van der Waals surface area contributed by atoms with Crippen LogP contribution >= 0.6 is 11.6 Å². The highest BCUT2D eigenvalue weighted by molar-refractivity contribution is 7.89. The Morgan fingerprint density at radius 3 is 2.25 bits per heavy atom. The molecule has 4 rings (SSSR count). The van der Waals surface area contributed by atoms with Crippen LogP contribution in [0.5, 0.6) is 0 Å². The van der Waals surface area contributed by atoms with Gasteiger partial charge in [-0.25, -0.2) is 8.42 Å². The zero-order valence-corrected chi connectivity index (χ0v) is 22.2. The van der Waals surface area contributed by atoms with E-state index in [0.717, 1.165) is 12.8 Å². The van der Waals surface area contributed by atoms with Gasteiger partial charge < -0.3 is 16.0 Å². The molecule has 9 nitrogen and oxygen atoms in total. The van der Waals surface area contributed by atoms with Crippen LogP contribution in [0.2, 0.25) is 5.02 Å². The first kappa shape index (κ1) is 27.7. The van der Waals surface area contributed by atoms with E-state index in [1.807, 2.05) is 35.2 Å². The normalized spacial score (nSPS) is 14.2. The van der Waals surface area contributed by atoms with Crippen molar-refractivity contribution in [1.29, 1.82) is 0 Å². The fourth-order valence-corrected chi connectivity index (χ4v) is 5.47. The molecule has 0 amide bonds. The van der Waals surface area contributed by atoms with Crippen LogP contribution in [0, 0.1) is 0 Å². The van der Waals surface area contributed by atoms with Crippen LogP contribution in [-0.2, 0) is 10.0 Å².